The summed E-state index contributed by atoms with van der Waals surface area (Å²) >= 11 is 6.11. The van der Waals surface area contributed by atoms with Crippen molar-refractivity contribution in [2.75, 3.05) is 12.4 Å². The van der Waals surface area contributed by atoms with Gasteiger partial charge in [0.1, 0.15) is 6.10 Å². The second kappa shape index (κ2) is 10.8. The molecular formula is C28H25ClF2N6O3. The van der Waals surface area contributed by atoms with Crippen LogP contribution in [0, 0.1) is 28.9 Å². The zero-order valence-electron chi connectivity index (χ0n) is 21.5. The first-order valence-electron chi connectivity index (χ1n) is 12.4. The zero-order valence-corrected chi connectivity index (χ0v) is 22.2. The molecule has 1 amide bonds. The lowest BCUT2D eigenvalue weighted by Gasteiger charge is -2.26. The highest BCUT2D eigenvalue weighted by Crippen LogP contribution is 2.45. The molecule has 1 saturated carbocycles. The number of carbonyl (C=O) groups excluding carboxylic acids is 1. The number of hydrogen-bond donors (Lipinski definition) is 4. The zero-order chi connectivity index (χ0) is 28.6. The smallest absolute Gasteiger partial charge is 0.228 e. The molecule has 0 bridgehead atoms. The Bertz CT molecular complexity index is 1670. The number of carbonyl (C=O) groups is 1. The Kier molecular flexibility index (Phi) is 7.42. The molecule has 2 heterocycles. The SMILES string of the molecule is CNC(=O)[C@@]1(C)C[C@@H](n2cnc3c(NCc4cccc(Cl)c4)nc(C#Cc4ccc(F)c(F)c4)nc32)[C@H](O)[C@@H]1O. The van der Waals surface area contributed by atoms with Crippen molar-refractivity contribution in [3.63, 3.8) is 0 Å². The number of halogens is 3. The molecule has 0 unspecified atom stereocenters. The maximum absolute atomic E-state index is 13.7. The molecule has 2 aromatic carbocycles. The average molecular weight is 567 g/mol. The molecule has 4 aromatic rings. The largest absolute Gasteiger partial charge is 0.389 e. The molecule has 206 valence electrons. The average Bonchev–Trinajstić information content (AvgIpc) is 3.46. The van der Waals surface area contributed by atoms with Crippen LogP contribution in [0.15, 0.2) is 48.8 Å². The molecule has 12 heteroatoms. The van der Waals surface area contributed by atoms with Gasteiger partial charge < -0.3 is 25.4 Å². The highest BCUT2D eigenvalue weighted by atomic mass is 35.5. The Morgan fingerprint density at radius 2 is 1.98 bits per heavy atom. The van der Waals surface area contributed by atoms with E-state index in [0.717, 1.165) is 17.7 Å². The normalized spacial score (nSPS) is 22.1. The summed E-state index contributed by atoms with van der Waals surface area (Å²) in [7, 11) is 1.47. The summed E-state index contributed by atoms with van der Waals surface area (Å²) in [6.45, 7) is 1.93. The number of hydrogen-bond acceptors (Lipinski definition) is 7. The van der Waals surface area contributed by atoms with Gasteiger partial charge in [0.2, 0.25) is 11.7 Å². The fourth-order valence-corrected chi connectivity index (χ4v) is 5.12. The minimum absolute atomic E-state index is 0.0506. The molecular weight excluding hydrogens is 542 g/mol. The third kappa shape index (κ3) is 5.09. The molecule has 0 saturated heterocycles. The molecule has 1 aliphatic rings. The number of nitrogens with one attached hydrogen (secondary N) is 2. The molecule has 4 atom stereocenters. The van der Waals surface area contributed by atoms with E-state index in [1.54, 1.807) is 23.6 Å². The van der Waals surface area contributed by atoms with Crippen molar-refractivity contribution in [3.8, 4) is 11.8 Å². The van der Waals surface area contributed by atoms with Gasteiger partial charge in [-0.1, -0.05) is 29.7 Å². The number of anilines is 1. The van der Waals surface area contributed by atoms with E-state index in [1.807, 2.05) is 12.1 Å². The second-order valence-electron chi connectivity index (χ2n) is 9.79. The predicted octanol–water partition coefficient (Wildman–Crippen LogP) is 3.19. The minimum Gasteiger partial charge on any atom is -0.389 e. The summed E-state index contributed by atoms with van der Waals surface area (Å²) < 4.78 is 28.6. The second-order valence-corrected chi connectivity index (χ2v) is 10.2. The molecule has 5 rings (SSSR count). The van der Waals surface area contributed by atoms with Crippen molar-refractivity contribution in [1.29, 1.82) is 0 Å². The van der Waals surface area contributed by atoms with Crippen LogP contribution in [0.5, 0.6) is 0 Å². The predicted molar refractivity (Wildman–Crippen MR) is 144 cm³/mol. The van der Waals surface area contributed by atoms with E-state index in [9.17, 15) is 23.8 Å². The highest BCUT2D eigenvalue weighted by Gasteiger charge is 2.54. The molecule has 4 N–H and O–H groups in total. The standard InChI is InChI=1S/C28H25ClF2N6O3/c1-28(27(40)32-2)12-20(23(38)24(28)39)37-14-34-22-25(33-13-16-4-3-5-17(29)10-16)35-21(36-26(22)37)9-7-15-6-8-18(30)19(31)11-15/h3-6,8,10-11,14,20,23-24,38-39H,12-13H2,1-2H3,(H,32,40)(H,33,35,36)/t20-,23+,24+,28+/m1/s1. The lowest BCUT2D eigenvalue weighted by Crippen LogP contribution is -2.45. The summed E-state index contributed by atoms with van der Waals surface area (Å²) in [5.74, 6) is 3.48. The van der Waals surface area contributed by atoms with Crippen molar-refractivity contribution in [2.45, 2.75) is 38.1 Å². The number of aliphatic hydroxyl groups is 2. The summed E-state index contributed by atoms with van der Waals surface area (Å²) in [5.41, 5.74) is 0.529. The van der Waals surface area contributed by atoms with Crippen LogP contribution in [-0.2, 0) is 11.3 Å². The van der Waals surface area contributed by atoms with E-state index >= 15 is 0 Å². The number of rotatable bonds is 5. The quantitative estimate of drug-likeness (QED) is 0.273. The van der Waals surface area contributed by atoms with Gasteiger partial charge >= 0.3 is 0 Å². The van der Waals surface area contributed by atoms with Gasteiger partial charge in [0.25, 0.3) is 0 Å². The molecule has 2 aromatic heterocycles. The Morgan fingerprint density at radius 3 is 2.70 bits per heavy atom. The van der Waals surface area contributed by atoms with Gasteiger partial charge in [-0.3, -0.25) is 4.79 Å². The van der Waals surface area contributed by atoms with Gasteiger partial charge in [0, 0.05) is 24.2 Å². The molecule has 0 radical (unpaired) electrons. The van der Waals surface area contributed by atoms with Gasteiger partial charge in [-0.2, -0.15) is 0 Å². The lowest BCUT2D eigenvalue weighted by molar-refractivity contribution is -0.136. The monoisotopic (exact) mass is 566 g/mol. The van der Waals surface area contributed by atoms with Crippen LogP contribution in [-0.4, -0.2) is 54.9 Å². The first-order chi connectivity index (χ1) is 19.1. The summed E-state index contributed by atoms with van der Waals surface area (Å²) in [5, 5.41) is 28.0. The Morgan fingerprint density at radius 1 is 1.18 bits per heavy atom. The van der Waals surface area contributed by atoms with Gasteiger partial charge in [-0.05, 0) is 55.2 Å². The number of aliphatic hydroxyl groups excluding tert-OH is 2. The van der Waals surface area contributed by atoms with Crippen LogP contribution in [0.2, 0.25) is 5.02 Å². The van der Waals surface area contributed by atoms with Gasteiger partial charge in [-0.15, -0.1) is 0 Å². The highest BCUT2D eigenvalue weighted by molar-refractivity contribution is 6.30. The van der Waals surface area contributed by atoms with E-state index in [1.165, 1.54) is 19.4 Å². The lowest BCUT2D eigenvalue weighted by atomic mass is 9.85. The van der Waals surface area contributed by atoms with E-state index in [-0.39, 0.29) is 17.8 Å². The first-order valence-corrected chi connectivity index (χ1v) is 12.8. The Hall–Kier alpha value is -4.11. The molecule has 1 aliphatic carbocycles. The first kappa shape index (κ1) is 27.5. The number of aromatic nitrogens is 4. The van der Waals surface area contributed by atoms with Crippen LogP contribution in [0.4, 0.5) is 14.6 Å². The van der Waals surface area contributed by atoms with E-state index < -0.39 is 41.2 Å². The molecule has 9 nitrogen and oxygen atoms in total. The van der Waals surface area contributed by atoms with Crippen molar-refractivity contribution >= 4 is 34.5 Å². The molecule has 0 aliphatic heterocycles. The Labute approximate surface area is 233 Å². The van der Waals surface area contributed by atoms with Crippen molar-refractivity contribution in [3.05, 3.63) is 82.4 Å². The minimum atomic E-state index is -1.33. The summed E-state index contributed by atoms with van der Waals surface area (Å²) in [4.78, 5) is 26.0. The maximum atomic E-state index is 13.7. The van der Waals surface area contributed by atoms with Crippen LogP contribution < -0.4 is 10.6 Å². The van der Waals surface area contributed by atoms with E-state index in [4.69, 9.17) is 11.6 Å². The van der Waals surface area contributed by atoms with E-state index in [0.29, 0.717) is 28.5 Å². The number of benzene rings is 2. The van der Waals surface area contributed by atoms with Crippen molar-refractivity contribution in [2.24, 2.45) is 5.41 Å². The maximum Gasteiger partial charge on any atom is 0.228 e. The third-order valence-corrected chi connectivity index (χ3v) is 7.35. The van der Waals surface area contributed by atoms with Crippen LogP contribution in [0.3, 0.4) is 0 Å². The molecule has 0 spiro atoms. The number of fused-ring (bicyclic) bond motifs is 1. The molecule has 1 fully saturated rings. The van der Waals surface area contributed by atoms with Gasteiger partial charge in [-0.25, -0.2) is 23.7 Å². The van der Waals surface area contributed by atoms with Crippen LogP contribution in [0.25, 0.3) is 11.2 Å². The van der Waals surface area contributed by atoms with E-state index in [2.05, 4.69) is 37.4 Å². The van der Waals surface area contributed by atoms with Crippen LogP contribution in [0.1, 0.15) is 36.3 Å². The number of nitrogens with zero attached hydrogens (tertiary/aromatic N) is 4. The molecule has 40 heavy (non-hydrogen) atoms. The summed E-state index contributed by atoms with van der Waals surface area (Å²) in [6.07, 6.45) is -1.03. The van der Waals surface area contributed by atoms with Crippen molar-refractivity contribution < 1.29 is 23.8 Å². The number of imidazole rings is 1. The van der Waals surface area contributed by atoms with Gasteiger partial charge in [0.15, 0.2) is 28.6 Å². The fraction of sp³-hybridized carbons (Fsp3) is 0.286. The van der Waals surface area contributed by atoms with Crippen molar-refractivity contribution in [1.82, 2.24) is 24.8 Å². The van der Waals surface area contributed by atoms with Crippen LogP contribution >= 0.6 is 11.6 Å². The Balaban J connectivity index is 1.57. The fourth-order valence-electron chi connectivity index (χ4n) is 4.91. The topological polar surface area (TPSA) is 125 Å². The third-order valence-electron chi connectivity index (χ3n) is 7.12. The number of amides is 1. The van der Waals surface area contributed by atoms with Gasteiger partial charge in [0.05, 0.1) is 23.9 Å². The summed E-state index contributed by atoms with van der Waals surface area (Å²) in [6, 6.07) is 9.81.